The molecular formula is C14H20N2O2. The highest BCUT2D eigenvalue weighted by atomic mass is 16.5. The molecule has 4 nitrogen and oxygen atoms in total. The molecule has 0 saturated carbocycles. The normalized spacial score (nSPS) is 10.6. The van der Waals surface area contributed by atoms with Gasteiger partial charge in [-0.15, -0.1) is 0 Å². The molecule has 1 amide bonds. The van der Waals surface area contributed by atoms with Crippen LogP contribution in [0, 0.1) is 0 Å². The molecule has 0 radical (unpaired) electrons. The molecule has 0 aliphatic carbocycles. The molecule has 1 aromatic rings. The Morgan fingerprint density at radius 2 is 2.22 bits per heavy atom. The van der Waals surface area contributed by atoms with Gasteiger partial charge in [0.1, 0.15) is 5.75 Å². The van der Waals surface area contributed by atoms with Crippen LogP contribution >= 0.6 is 0 Å². The molecule has 98 valence electrons. The van der Waals surface area contributed by atoms with Gasteiger partial charge >= 0.3 is 0 Å². The summed E-state index contributed by atoms with van der Waals surface area (Å²) in [5.41, 5.74) is 0.602. The lowest BCUT2D eigenvalue weighted by molar-refractivity contribution is 0.0953. The fraction of sp³-hybridized carbons (Fsp3) is 0.429. The van der Waals surface area contributed by atoms with Crippen molar-refractivity contribution in [2.45, 2.75) is 26.7 Å². The second kappa shape index (κ2) is 8.28. The van der Waals surface area contributed by atoms with Crippen LogP contribution < -0.4 is 10.1 Å². The van der Waals surface area contributed by atoms with Crippen molar-refractivity contribution in [2.24, 2.45) is 4.99 Å². The number of hydrogen-bond acceptors (Lipinski definition) is 3. The van der Waals surface area contributed by atoms with Crippen molar-refractivity contribution >= 4 is 12.3 Å². The van der Waals surface area contributed by atoms with Crippen molar-refractivity contribution in [3.05, 3.63) is 29.8 Å². The lowest BCUT2D eigenvalue weighted by Crippen LogP contribution is -2.23. The highest BCUT2D eigenvalue weighted by molar-refractivity contribution is 5.94. The van der Waals surface area contributed by atoms with E-state index < -0.39 is 0 Å². The van der Waals surface area contributed by atoms with E-state index in [1.165, 1.54) is 6.40 Å². The van der Waals surface area contributed by atoms with Gasteiger partial charge in [-0.1, -0.05) is 19.9 Å². The van der Waals surface area contributed by atoms with Crippen LogP contribution in [0.1, 0.15) is 37.0 Å². The Morgan fingerprint density at radius 3 is 2.94 bits per heavy atom. The summed E-state index contributed by atoms with van der Waals surface area (Å²) in [7, 11) is 0. The van der Waals surface area contributed by atoms with Crippen LogP contribution in [0.3, 0.4) is 0 Å². The van der Waals surface area contributed by atoms with Crippen LogP contribution in [0.25, 0.3) is 0 Å². The lowest BCUT2D eigenvalue weighted by atomic mass is 10.2. The molecule has 0 saturated heterocycles. The SMILES string of the molecule is CCCN=COc1cccc(C(=O)NCCC)c1. The van der Waals surface area contributed by atoms with Crippen LogP contribution in [-0.2, 0) is 0 Å². The quantitative estimate of drug-likeness (QED) is 0.595. The molecule has 4 heteroatoms. The van der Waals surface area contributed by atoms with Gasteiger partial charge in [0, 0.05) is 18.7 Å². The third kappa shape index (κ3) is 4.99. The number of rotatable bonds is 7. The molecule has 0 unspecified atom stereocenters. The minimum Gasteiger partial charge on any atom is -0.446 e. The van der Waals surface area contributed by atoms with E-state index in [0.29, 0.717) is 17.9 Å². The molecule has 0 heterocycles. The van der Waals surface area contributed by atoms with Crippen molar-refractivity contribution in [1.29, 1.82) is 0 Å². The molecular weight excluding hydrogens is 228 g/mol. The second-order valence-electron chi connectivity index (χ2n) is 3.91. The highest BCUT2D eigenvalue weighted by Crippen LogP contribution is 2.12. The molecule has 1 rings (SSSR count). The van der Waals surface area contributed by atoms with Crippen LogP contribution in [0.5, 0.6) is 5.75 Å². The number of aliphatic imine (C=N–C) groups is 1. The summed E-state index contributed by atoms with van der Waals surface area (Å²) in [6, 6.07) is 7.07. The minimum atomic E-state index is -0.0761. The molecule has 0 fully saturated rings. The Morgan fingerprint density at radius 1 is 1.39 bits per heavy atom. The molecule has 1 aromatic carbocycles. The van der Waals surface area contributed by atoms with Gasteiger partial charge in [0.15, 0.2) is 6.40 Å². The van der Waals surface area contributed by atoms with Gasteiger partial charge in [-0.3, -0.25) is 9.79 Å². The van der Waals surface area contributed by atoms with E-state index in [1.54, 1.807) is 24.3 Å². The van der Waals surface area contributed by atoms with Gasteiger partial charge in [-0.05, 0) is 31.0 Å². The maximum Gasteiger partial charge on any atom is 0.251 e. The number of amides is 1. The third-order valence-corrected chi connectivity index (χ3v) is 2.25. The number of hydrogen-bond donors (Lipinski definition) is 1. The van der Waals surface area contributed by atoms with E-state index in [-0.39, 0.29) is 5.91 Å². The van der Waals surface area contributed by atoms with Gasteiger partial charge in [-0.2, -0.15) is 0 Å². The number of ether oxygens (including phenoxy) is 1. The number of benzene rings is 1. The van der Waals surface area contributed by atoms with E-state index in [0.717, 1.165) is 19.4 Å². The second-order valence-corrected chi connectivity index (χ2v) is 3.91. The van der Waals surface area contributed by atoms with E-state index in [4.69, 9.17) is 4.74 Å². The van der Waals surface area contributed by atoms with Crippen molar-refractivity contribution < 1.29 is 9.53 Å². The van der Waals surface area contributed by atoms with E-state index in [9.17, 15) is 4.79 Å². The van der Waals surface area contributed by atoms with Gasteiger partial charge in [0.2, 0.25) is 0 Å². The highest BCUT2D eigenvalue weighted by Gasteiger charge is 2.05. The van der Waals surface area contributed by atoms with Crippen molar-refractivity contribution in [3.63, 3.8) is 0 Å². The maximum absolute atomic E-state index is 11.7. The summed E-state index contributed by atoms with van der Waals surface area (Å²) in [5.74, 6) is 0.548. The number of carbonyl (C=O) groups excluding carboxylic acids is 1. The maximum atomic E-state index is 11.7. The fourth-order valence-electron chi connectivity index (χ4n) is 1.33. The lowest BCUT2D eigenvalue weighted by Gasteiger charge is -2.05. The standard InChI is InChI=1S/C14H20N2O2/c1-3-8-15-11-18-13-7-5-6-12(10-13)14(17)16-9-4-2/h5-7,10-11H,3-4,8-9H2,1-2H3,(H,16,17). The molecule has 1 N–H and O–H groups in total. The van der Waals surface area contributed by atoms with Crippen molar-refractivity contribution in [1.82, 2.24) is 5.32 Å². The molecule has 0 bridgehead atoms. The molecule has 0 aromatic heterocycles. The summed E-state index contributed by atoms with van der Waals surface area (Å²) in [4.78, 5) is 15.8. The van der Waals surface area contributed by atoms with E-state index >= 15 is 0 Å². The first-order valence-electron chi connectivity index (χ1n) is 6.31. The number of nitrogens with zero attached hydrogens (tertiary/aromatic N) is 1. The van der Waals surface area contributed by atoms with Crippen molar-refractivity contribution in [2.75, 3.05) is 13.1 Å². The van der Waals surface area contributed by atoms with Gasteiger partial charge in [0.05, 0.1) is 0 Å². The Bertz CT molecular complexity index is 403. The molecule has 18 heavy (non-hydrogen) atoms. The average molecular weight is 248 g/mol. The van der Waals surface area contributed by atoms with Gasteiger partial charge in [0.25, 0.3) is 5.91 Å². The van der Waals surface area contributed by atoms with Crippen LogP contribution in [0.2, 0.25) is 0 Å². The van der Waals surface area contributed by atoms with Crippen LogP contribution in [0.15, 0.2) is 29.3 Å². The predicted octanol–water partition coefficient (Wildman–Crippen LogP) is 2.64. The van der Waals surface area contributed by atoms with Gasteiger partial charge in [-0.25, -0.2) is 0 Å². The Balaban J connectivity index is 2.58. The average Bonchev–Trinajstić information content (AvgIpc) is 2.41. The zero-order valence-electron chi connectivity index (χ0n) is 11.0. The Kier molecular flexibility index (Phi) is 6.54. The van der Waals surface area contributed by atoms with Gasteiger partial charge < -0.3 is 10.1 Å². The molecule has 0 atom stereocenters. The fourth-order valence-corrected chi connectivity index (χ4v) is 1.33. The first-order chi connectivity index (χ1) is 8.77. The Hall–Kier alpha value is -1.84. The van der Waals surface area contributed by atoms with Crippen LogP contribution in [-0.4, -0.2) is 25.4 Å². The minimum absolute atomic E-state index is 0.0761. The Labute approximate surface area is 108 Å². The van der Waals surface area contributed by atoms with Crippen LogP contribution in [0.4, 0.5) is 0 Å². The smallest absolute Gasteiger partial charge is 0.251 e. The third-order valence-electron chi connectivity index (χ3n) is 2.25. The molecule has 0 spiro atoms. The largest absolute Gasteiger partial charge is 0.446 e. The summed E-state index contributed by atoms with van der Waals surface area (Å²) in [6.07, 6.45) is 3.33. The van der Waals surface area contributed by atoms with E-state index in [2.05, 4.69) is 17.2 Å². The molecule has 0 aliphatic heterocycles. The number of carbonyl (C=O) groups is 1. The predicted molar refractivity (Wildman–Crippen MR) is 73.3 cm³/mol. The zero-order chi connectivity index (χ0) is 13.2. The number of nitrogens with one attached hydrogen (secondary N) is 1. The summed E-state index contributed by atoms with van der Waals surface area (Å²) >= 11 is 0. The first-order valence-corrected chi connectivity index (χ1v) is 6.31. The van der Waals surface area contributed by atoms with E-state index in [1.807, 2.05) is 6.92 Å². The zero-order valence-corrected chi connectivity index (χ0v) is 11.0. The van der Waals surface area contributed by atoms with Crippen molar-refractivity contribution in [3.8, 4) is 5.75 Å². The monoisotopic (exact) mass is 248 g/mol. The summed E-state index contributed by atoms with van der Waals surface area (Å²) in [5, 5.41) is 2.82. The molecule has 0 aliphatic rings. The first kappa shape index (κ1) is 14.2. The topological polar surface area (TPSA) is 50.7 Å². The summed E-state index contributed by atoms with van der Waals surface area (Å²) in [6.45, 7) is 5.50. The summed E-state index contributed by atoms with van der Waals surface area (Å²) < 4.78 is 5.33.